The van der Waals surface area contributed by atoms with Gasteiger partial charge in [-0.15, -0.1) is 11.8 Å². The molecular formula is C19H14F2N2O3S. The quantitative estimate of drug-likeness (QED) is 0.516. The van der Waals surface area contributed by atoms with Gasteiger partial charge in [-0.1, -0.05) is 24.3 Å². The van der Waals surface area contributed by atoms with Gasteiger partial charge in [0.1, 0.15) is 17.4 Å². The Balaban J connectivity index is 1.53. The van der Waals surface area contributed by atoms with Gasteiger partial charge in [-0.3, -0.25) is 20.4 Å². The minimum Gasteiger partial charge on any atom is -0.451 e. The van der Waals surface area contributed by atoms with E-state index in [1.807, 2.05) is 0 Å². The zero-order valence-corrected chi connectivity index (χ0v) is 14.7. The number of carbonyl (C=O) groups excluding carboxylic acids is 2. The lowest BCUT2D eigenvalue weighted by molar-refractivity contribution is -0.119. The number of thioether (sulfide) groups is 1. The Morgan fingerprint density at radius 3 is 2.33 bits per heavy atom. The summed E-state index contributed by atoms with van der Waals surface area (Å²) in [6.07, 6.45) is 0. The molecule has 0 unspecified atom stereocenters. The van der Waals surface area contributed by atoms with E-state index in [1.165, 1.54) is 30.3 Å². The first-order valence-corrected chi connectivity index (χ1v) is 8.84. The van der Waals surface area contributed by atoms with Gasteiger partial charge in [0.25, 0.3) is 0 Å². The van der Waals surface area contributed by atoms with Gasteiger partial charge >= 0.3 is 5.91 Å². The number of nitrogens with one attached hydrogen (secondary N) is 2. The van der Waals surface area contributed by atoms with Crippen LogP contribution in [0.2, 0.25) is 0 Å². The van der Waals surface area contributed by atoms with E-state index in [1.54, 1.807) is 30.3 Å². The van der Waals surface area contributed by atoms with Gasteiger partial charge in [0, 0.05) is 4.90 Å². The molecule has 0 radical (unpaired) electrons. The van der Waals surface area contributed by atoms with Crippen molar-refractivity contribution >= 4 is 23.6 Å². The highest BCUT2D eigenvalue weighted by Crippen LogP contribution is 2.24. The molecule has 0 fully saturated rings. The van der Waals surface area contributed by atoms with Crippen molar-refractivity contribution in [3.63, 3.8) is 0 Å². The second-order valence-corrected chi connectivity index (χ2v) is 6.38. The number of carbonyl (C=O) groups is 2. The zero-order valence-electron chi connectivity index (χ0n) is 13.9. The molecule has 0 saturated carbocycles. The lowest BCUT2D eigenvalue weighted by Crippen LogP contribution is -2.42. The third-order valence-electron chi connectivity index (χ3n) is 3.48. The molecule has 0 aliphatic heterocycles. The molecule has 0 saturated heterocycles. The number of furan rings is 1. The monoisotopic (exact) mass is 388 g/mol. The fourth-order valence-corrected chi connectivity index (χ4v) is 2.93. The van der Waals surface area contributed by atoms with Crippen LogP contribution in [0.4, 0.5) is 8.78 Å². The predicted octanol–water partition coefficient (Wildman–Crippen LogP) is 3.78. The van der Waals surface area contributed by atoms with Crippen molar-refractivity contribution in [1.82, 2.24) is 10.9 Å². The molecule has 0 bridgehead atoms. The van der Waals surface area contributed by atoms with Gasteiger partial charge in [0.2, 0.25) is 5.91 Å². The van der Waals surface area contributed by atoms with E-state index in [2.05, 4.69) is 10.9 Å². The molecule has 0 atom stereocenters. The van der Waals surface area contributed by atoms with Crippen molar-refractivity contribution in [1.29, 1.82) is 0 Å². The van der Waals surface area contributed by atoms with Crippen molar-refractivity contribution in [2.24, 2.45) is 0 Å². The molecule has 2 amide bonds. The second kappa shape index (κ2) is 8.50. The molecule has 1 aromatic heterocycles. The minimum atomic E-state index is -0.693. The van der Waals surface area contributed by atoms with E-state index in [-0.39, 0.29) is 22.8 Å². The van der Waals surface area contributed by atoms with E-state index in [0.29, 0.717) is 4.90 Å². The smallest absolute Gasteiger partial charge is 0.305 e. The van der Waals surface area contributed by atoms with Crippen LogP contribution in [-0.4, -0.2) is 17.6 Å². The molecule has 3 aromatic rings. The van der Waals surface area contributed by atoms with Crippen LogP contribution in [0, 0.1) is 11.6 Å². The Morgan fingerprint density at radius 2 is 1.59 bits per heavy atom. The van der Waals surface area contributed by atoms with E-state index < -0.39 is 23.4 Å². The van der Waals surface area contributed by atoms with Crippen molar-refractivity contribution in [3.05, 3.63) is 78.1 Å². The summed E-state index contributed by atoms with van der Waals surface area (Å²) in [4.78, 5) is 24.1. The topological polar surface area (TPSA) is 71.3 Å². The number of benzene rings is 2. The van der Waals surface area contributed by atoms with Gasteiger partial charge in [0.15, 0.2) is 5.76 Å². The minimum absolute atomic E-state index is 0.0835. The molecule has 1 heterocycles. The highest BCUT2D eigenvalue weighted by Gasteiger charge is 2.15. The Bertz CT molecular complexity index is 975. The van der Waals surface area contributed by atoms with Gasteiger partial charge in [0.05, 0.1) is 11.3 Å². The summed E-state index contributed by atoms with van der Waals surface area (Å²) < 4.78 is 32.6. The highest BCUT2D eigenvalue weighted by atomic mass is 32.2. The third kappa shape index (κ3) is 4.73. The second-order valence-electron chi connectivity index (χ2n) is 5.37. The van der Waals surface area contributed by atoms with Crippen molar-refractivity contribution in [2.45, 2.75) is 4.90 Å². The number of hydrogen-bond donors (Lipinski definition) is 2. The lowest BCUT2D eigenvalue weighted by Gasteiger charge is -2.06. The van der Waals surface area contributed by atoms with Crippen LogP contribution < -0.4 is 10.9 Å². The third-order valence-corrected chi connectivity index (χ3v) is 4.53. The molecular weight excluding hydrogens is 374 g/mol. The number of amides is 2. The highest BCUT2D eigenvalue weighted by molar-refractivity contribution is 8.00. The summed E-state index contributed by atoms with van der Waals surface area (Å²) in [6, 6.07) is 14.9. The molecule has 27 heavy (non-hydrogen) atoms. The van der Waals surface area contributed by atoms with E-state index in [4.69, 9.17) is 4.42 Å². The first kappa shape index (κ1) is 18.7. The largest absolute Gasteiger partial charge is 0.451 e. The van der Waals surface area contributed by atoms with Crippen LogP contribution >= 0.6 is 11.8 Å². The van der Waals surface area contributed by atoms with E-state index >= 15 is 0 Å². The van der Waals surface area contributed by atoms with Gasteiger partial charge in [-0.05, 0) is 36.4 Å². The van der Waals surface area contributed by atoms with Gasteiger partial charge in [-0.25, -0.2) is 8.78 Å². The average Bonchev–Trinajstić information content (AvgIpc) is 3.16. The van der Waals surface area contributed by atoms with Crippen molar-refractivity contribution in [2.75, 3.05) is 5.75 Å². The summed E-state index contributed by atoms with van der Waals surface area (Å²) in [5, 5.41) is 0. The molecule has 138 valence electrons. The molecule has 2 N–H and O–H groups in total. The number of hydrogen-bond acceptors (Lipinski definition) is 4. The Morgan fingerprint density at radius 1 is 0.889 bits per heavy atom. The number of hydrazine groups is 1. The fraction of sp³-hybridized carbons (Fsp3) is 0.0526. The standard InChI is InChI=1S/C19H14F2N2O3S/c20-13-6-2-1-5-12(13)15-9-10-16(26-15)19(25)23-22-18(24)11-27-17-8-4-3-7-14(17)21/h1-10H,11H2,(H,22,24)(H,23,25). The Kier molecular flexibility index (Phi) is 5.87. The fourth-order valence-electron chi connectivity index (χ4n) is 2.19. The molecule has 0 aliphatic rings. The zero-order chi connectivity index (χ0) is 19.2. The van der Waals surface area contributed by atoms with E-state index in [9.17, 15) is 18.4 Å². The van der Waals surface area contributed by atoms with Crippen LogP contribution in [0.1, 0.15) is 10.6 Å². The normalized spacial score (nSPS) is 10.4. The maximum Gasteiger partial charge on any atom is 0.305 e. The maximum atomic E-state index is 13.7. The lowest BCUT2D eigenvalue weighted by atomic mass is 10.1. The number of rotatable bonds is 5. The van der Waals surface area contributed by atoms with Crippen molar-refractivity contribution in [3.8, 4) is 11.3 Å². The van der Waals surface area contributed by atoms with Crippen LogP contribution in [0.5, 0.6) is 0 Å². The maximum absolute atomic E-state index is 13.7. The van der Waals surface area contributed by atoms with Crippen LogP contribution in [0.15, 0.2) is 70.0 Å². The van der Waals surface area contributed by atoms with Crippen LogP contribution in [-0.2, 0) is 4.79 Å². The Labute approximate surface area is 157 Å². The predicted molar refractivity (Wildman–Crippen MR) is 96.8 cm³/mol. The SMILES string of the molecule is O=C(CSc1ccccc1F)NNC(=O)c1ccc(-c2ccccc2F)o1. The van der Waals surface area contributed by atoms with Crippen molar-refractivity contribution < 1.29 is 22.8 Å². The summed E-state index contributed by atoms with van der Waals surface area (Å²) in [5.41, 5.74) is 4.64. The molecule has 8 heteroatoms. The summed E-state index contributed by atoms with van der Waals surface area (Å²) in [6.45, 7) is 0. The molecule has 2 aromatic carbocycles. The summed E-state index contributed by atoms with van der Waals surface area (Å²) in [5.74, 6) is -2.08. The summed E-state index contributed by atoms with van der Waals surface area (Å²) in [7, 11) is 0. The van der Waals surface area contributed by atoms with Gasteiger partial charge in [-0.2, -0.15) is 0 Å². The molecule has 3 rings (SSSR count). The van der Waals surface area contributed by atoms with Crippen LogP contribution in [0.3, 0.4) is 0 Å². The summed E-state index contributed by atoms with van der Waals surface area (Å²) >= 11 is 1.00. The molecule has 0 aliphatic carbocycles. The molecule has 0 spiro atoms. The average molecular weight is 388 g/mol. The van der Waals surface area contributed by atoms with Gasteiger partial charge < -0.3 is 4.42 Å². The van der Waals surface area contributed by atoms with E-state index in [0.717, 1.165) is 11.8 Å². The first-order valence-electron chi connectivity index (χ1n) is 7.86. The first-order chi connectivity index (χ1) is 13.0. The number of halogens is 2. The Hall–Kier alpha value is -3.13. The van der Waals surface area contributed by atoms with Crippen LogP contribution in [0.25, 0.3) is 11.3 Å². The molecule has 5 nitrogen and oxygen atoms in total.